The summed E-state index contributed by atoms with van der Waals surface area (Å²) in [4.78, 5) is 12.8. The van der Waals surface area contributed by atoms with Crippen LogP contribution in [0.1, 0.15) is 55.8 Å². The third-order valence-corrected chi connectivity index (χ3v) is 5.34. The van der Waals surface area contributed by atoms with E-state index >= 15 is 0 Å². The van der Waals surface area contributed by atoms with Crippen LogP contribution in [0, 0.1) is 0 Å². The van der Waals surface area contributed by atoms with E-state index in [9.17, 15) is 4.79 Å². The maximum Gasteiger partial charge on any atom is 0.163 e. The Kier molecular flexibility index (Phi) is 4.40. The number of hydrogen-bond donors (Lipinski definition) is 0. The summed E-state index contributed by atoms with van der Waals surface area (Å²) in [5, 5.41) is 7.36. The molecule has 0 heterocycles. The largest absolute Gasteiger partial charge is 0.294 e. The summed E-state index contributed by atoms with van der Waals surface area (Å²) in [6, 6.07) is 19.2. The van der Waals surface area contributed by atoms with Crippen LogP contribution in [0.25, 0.3) is 32.3 Å². The minimum atomic E-state index is 0.287. The normalized spacial score (nSPS) is 11.7. The molecule has 0 aliphatic rings. The highest BCUT2D eigenvalue weighted by molar-refractivity contribution is 6.26. The molecule has 0 amide bonds. The zero-order valence-electron chi connectivity index (χ0n) is 14.8. The van der Waals surface area contributed by atoms with E-state index in [1.807, 2.05) is 6.07 Å². The van der Waals surface area contributed by atoms with E-state index in [0.29, 0.717) is 6.42 Å². The zero-order valence-corrected chi connectivity index (χ0v) is 14.8. The molecule has 0 spiro atoms. The number of Topliss-reactive ketones (excluding diaryl/α,β-unsaturated/α-hetero) is 1. The van der Waals surface area contributed by atoms with Gasteiger partial charge in [0.15, 0.2) is 5.78 Å². The number of carbonyl (C=O) groups excluding carboxylic acids is 1. The quantitative estimate of drug-likeness (QED) is 0.200. The minimum Gasteiger partial charge on any atom is -0.294 e. The van der Waals surface area contributed by atoms with Crippen molar-refractivity contribution in [2.24, 2.45) is 0 Å². The van der Waals surface area contributed by atoms with Crippen molar-refractivity contribution in [1.82, 2.24) is 0 Å². The summed E-state index contributed by atoms with van der Waals surface area (Å²) in [5.74, 6) is 0.287. The van der Waals surface area contributed by atoms with Crippen LogP contribution in [0.2, 0.25) is 0 Å². The number of hydrogen-bond acceptors (Lipinski definition) is 1. The first-order valence-electron chi connectivity index (χ1n) is 9.49. The molecule has 126 valence electrons. The van der Waals surface area contributed by atoms with E-state index in [0.717, 1.165) is 23.8 Å². The Balaban J connectivity index is 1.73. The van der Waals surface area contributed by atoms with E-state index in [1.54, 1.807) is 0 Å². The Morgan fingerprint density at radius 2 is 1.36 bits per heavy atom. The standard InChI is InChI=1S/C24H24O/c1-2-3-4-5-6-10-22(25)20-15-13-19-12-11-17-8-7-9-18-14-16-21(20)24(19)23(17)18/h7-9,11-16H,2-6,10H2,1H3. The fraction of sp³-hybridized carbons (Fsp3) is 0.292. The van der Waals surface area contributed by atoms with Crippen LogP contribution in [0.15, 0.2) is 54.6 Å². The fourth-order valence-corrected chi connectivity index (χ4v) is 4.00. The lowest BCUT2D eigenvalue weighted by atomic mass is 9.90. The van der Waals surface area contributed by atoms with Gasteiger partial charge in [-0.3, -0.25) is 4.79 Å². The SMILES string of the molecule is CCCCCCCC(=O)c1ccc2ccc3cccc4ccc1c2c34. The summed E-state index contributed by atoms with van der Waals surface area (Å²) in [6.07, 6.45) is 6.57. The molecular weight excluding hydrogens is 304 g/mol. The van der Waals surface area contributed by atoms with Crippen LogP contribution in [-0.2, 0) is 0 Å². The van der Waals surface area contributed by atoms with Gasteiger partial charge in [-0.2, -0.15) is 0 Å². The van der Waals surface area contributed by atoms with Crippen LogP contribution in [0.5, 0.6) is 0 Å². The second kappa shape index (κ2) is 6.84. The van der Waals surface area contributed by atoms with E-state index in [2.05, 4.69) is 55.5 Å². The van der Waals surface area contributed by atoms with Gasteiger partial charge in [0.25, 0.3) is 0 Å². The van der Waals surface area contributed by atoms with Crippen molar-refractivity contribution in [3.8, 4) is 0 Å². The lowest BCUT2D eigenvalue weighted by molar-refractivity contribution is 0.0980. The molecule has 0 fully saturated rings. The van der Waals surface area contributed by atoms with Crippen molar-refractivity contribution < 1.29 is 4.79 Å². The summed E-state index contributed by atoms with van der Waals surface area (Å²) in [5.41, 5.74) is 0.890. The summed E-state index contributed by atoms with van der Waals surface area (Å²) in [7, 11) is 0. The van der Waals surface area contributed by atoms with Gasteiger partial charge >= 0.3 is 0 Å². The van der Waals surface area contributed by atoms with Gasteiger partial charge in [0, 0.05) is 12.0 Å². The van der Waals surface area contributed by atoms with E-state index in [1.165, 1.54) is 46.2 Å². The number of carbonyl (C=O) groups is 1. The van der Waals surface area contributed by atoms with Crippen molar-refractivity contribution in [2.75, 3.05) is 0 Å². The van der Waals surface area contributed by atoms with Gasteiger partial charge in [-0.05, 0) is 38.7 Å². The minimum absolute atomic E-state index is 0.287. The third-order valence-electron chi connectivity index (χ3n) is 5.34. The Bertz CT molecular complexity index is 1010. The number of ketones is 1. The highest BCUT2D eigenvalue weighted by atomic mass is 16.1. The predicted molar refractivity (Wildman–Crippen MR) is 108 cm³/mol. The van der Waals surface area contributed by atoms with E-state index in [-0.39, 0.29) is 5.78 Å². The van der Waals surface area contributed by atoms with Crippen molar-refractivity contribution in [3.05, 3.63) is 60.2 Å². The van der Waals surface area contributed by atoms with Gasteiger partial charge in [-0.1, -0.05) is 87.2 Å². The lowest BCUT2D eigenvalue weighted by Crippen LogP contribution is -2.01. The van der Waals surface area contributed by atoms with Crippen molar-refractivity contribution >= 4 is 38.1 Å². The van der Waals surface area contributed by atoms with Crippen LogP contribution in [0.3, 0.4) is 0 Å². The Morgan fingerprint density at radius 3 is 2.12 bits per heavy atom. The van der Waals surface area contributed by atoms with Crippen molar-refractivity contribution in [3.63, 3.8) is 0 Å². The molecule has 0 aromatic heterocycles. The van der Waals surface area contributed by atoms with Gasteiger partial charge in [-0.15, -0.1) is 0 Å². The van der Waals surface area contributed by atoms with Crippen LogP contribution in [0.4, 0.5) is 0 Å². The molecule has 1 nitrogen and oxygen atoms in total. The first kappa shape index (κ1) is 16.1. The molecule has 0 saturated heterocycles. The molecular formula is C24H24O. The molecule has 0 bridgehead atoms. The van der Waals surface area contributed by atoms with Gasteiger partial charge in [-0.25, -0.2) is 0 Å². The lowest BCUT2D eigenvalue weighted by Gasteiger charge is -2.13. The number of unbranched alkanes of at least 4 members (excludes halogenated alkanes) is 4. The van der Waals surface area contributed by atoms with Crippen LogP contribution in [-0.4, -0.2) is 5.78 Å². The average molecular weight is 328 g/mol. The first-order chi connectivity index (χ1) is 12.3. The first-order valence-corrected chi connectivity index (χ1v) is 9.49. The predicted octanol–water partition coefficient (Wildman–Crippen LogP) is 7.13. The highest BCUT2D eigenvalue weighted by Crippen LogP contribution is 2.36. The fourth-order valence-electron chi connectivity index (χ4n) is 4.00. The molecule has 1 heteroatoms. The number of benzene rings is 4. The zero-order chi connectivity index (χ0) is 17.2. The molecule has 4 aromatic rings. The topological polar surface area (TPSA) is 17.1 Å². The summed E-state index contributed by atoms with van der Waals surface area (Å²) >= 11 is 0. The van der Waals surface area contributed by atoms with Crippen molar-refractivity contribution in [2.45, 2.75) is 45.4 Å². The average Bonchev–Trinajstić information content (AvgIpc) is 2.65. The van der Waals surface area contributed by atoms with E-state index < -0.39 is 0 Å². The summed E-state index contributed by atoms with van der Waals surface area (Å²) in [6.45, 7) is 2.22. The molecule has 0 radical (unpaired) electrons. The Labute approximate surface area is 149 Å². The van der Waals surface area contributed by atoms with Gasteiger partial charge in [0.2, 0.25) is 0 Å². The number of rotatable bonds is 7. The maximum absolute atomic E-state index is 12.8. The second-order valence-electron chi connectivity index (χ2n) is 7.06. The molecule has 0 aliphatic heterocycles. The third kappa shape index (κ3) is 2.89. The van der Waals surface area contributed by atoms with E-state index in [4.69, 9.17) is 0 Å². The molecule has 0 atom stereocenters. The van der Waals surface area contributed by atoms with Gasteiger partial charge in [0.1, 0.15) is 0 Å². The molecule has 0 N–H and O–H groups in total. The van der Waals surface area contributed by atoms with Gasteiger partial charge < -0.3 is 0 Å². The molecule has 0 unspecified atom stereocenters. The van der Waals surface area contributed by atoms with Gasteiger partial charge in [0.05, 0.1) is 0 Å². The highest BCUT2D eigenvalue weighted by Gasteiger charge is 2.14. The second-order valence-corrected chi connectivity index (χ2v) is 7.06. The van der Waals surface area contributed by atoms with Crippen molar-refractivity contribution in [1.29, 1.82) is 0 Å². The smallest absolute Gasteiger partial charge is 0.163 e. The van der Waals surface area contributed by atoms with Crippen LogP contribution < -0.4 is 0 Å². The maximum atomic E-state index is 12.8. The Morgan fingerprint density at radius 1 is 0.720 bits per heavy atom. The molecule has 25 heavy (non-hydrogen) atoms. The monoisotopic (exact) mass is 328 g/mol. The van der Waals surface area contributed by atoms with Crippen LogP contribution >= 0.6 is 0 Å². The molecule has 4 rings (SSSR count). The summed E-state index contributed by atoms with van der Waals surface area (Å²) < 4.78 is 0. The Hall–Kier alpha value is -2.41. The molecule has 0 saturated carbocycles. The molecule has 4 aromatic carbocycles. The molecule has 0 aliphatic carbocycles.